The van der Waals surface area contributed by atoms with E-state index >= 15 is 0 Å². The van der Waals surface area contributed by atoms with Crippen LogP contribution < -0.4 is 11.3 Å². The van der Waals surface area contributed by atoms with E-state index in [0.717, 1.165) is 14.7 Å². The Labute approximate surface area is 144 Å². The van der Waals surface area contributed by atoms with Gasteiger partial charge in [0.2, 0.25) is 0 Å². The number of hydrogen-bond donors (Lipinski definition) is 2. The zero-order valence-corrected chi connectivity index (χ0v) is 15.0. The van der Waals surface area contributed by atoms with Crippen molar-refractivity contribution >= 4 is 38.5 Å². The summed E-state index contributed by atoms with van der Waals surface area (Å²) in [4.78, 5) is 0. The number of halogens is 4. The van der Waals surface area contributed by atoms with Crippen molar-refractivity contribution in [2.75, 3.05) is 0 Å². The molecule has 1 atom stereocenters. The second kappa shape index (κ2) is 7.13. The topological polar surface area (TPSA) is 38.0 Å². The summed E-state index contributed by atoms with van der Waals surface area (Å²) in [6.45, 7) is 1.99. The van der Waals surface area contributed by atoms with Crippen LogP contribution >= 0.6 is 38.5 Å². The van der Waals surface area contributed by atoms with E-state index in [0.29, 0.717) is 0 Å². The van der Waals surface area contributed by atoms with Gasteiger partial charge >= 0.3 is 0 Å². The zero-order chi connectivity index (χ0) is 15.6. The number of aryl methyl sites for hydroxylation is 1. The van der Waals surface area contributed by atoms with Crippen molar-refractivity contribution in [2.45, 2.75) is 19.4 Å². The van der Waals surface area contributed by atoms with Crippen molar-refractivity contribution in [3.05, 3.63) is 66.7 Å². The lowest BCUT2D eigenvalue weighted by molar-refractivity contribution is 0.496. The van der Waals surface area contributed by atoms with E-state index in [4.69, 9.17) is 5.84 Å². The molecule has 21 heavy (non-hydrogen) atoms. The lowest BCUT2D eigenvalue weighted by atomic mass is 9.97. The second-order valence-corrected chi connectivity index (χ2v) is 6.66. The molecule has 0 saturated carbocycles. The molecule has 0 fully saturated rings. The molecule has 0 bridgehead atoms. The fraction of sp³-hybridized carbons (Fsp3) is 0.200. The van der Waals surface area contributed by atoms with Crippen LogP contribution in [0.2, 0.25) is 0 Å². The molecule has 0 aromatic heterocycles. The van der Waals surface area contributed by atoms with E-state index in [9.17, 15) is 8.78 Å². The summed E-state index contributed by atoms with van der Waals surface area (Å²) >= 11 is 5.30. The summed E-state index contributed by atoms with van der Waals surface area (Å²) in [6, 6.07) is 8.04. The Morgan fingerprint density at radius 2 is 2.00 bits per heavy atom. The normalized spacial score (nSPS) is 12.5. The summed E-state index contributed by atoms with van der Waals surface area (Å²) in [5, 5.41) is 0. The predicted molar refractivity (Wildman–Crippen MR) is 91.7 cm³/mol. The molecule has 0 saturated heterocycles. The highest BCUT2D eigenvalue weighted by Gasteiger charge is 2.20. The van der Waals surface area contributed by atoms with E-state index in [2.05, 4.69) is 43.9 Å². The van der Waals surface area contributed by atoms with Crippen LogP contribution in [0.4, 0.5) is 8.78 Å². The van der Waals surface area contributed by atoms with Gasteiger partial charge in [0.25, 0.3) is 0 Å². The third kappa shape index (κ3) is 3.61. The van der Waals surface area contributed by atoms with E-state index in [1.165, 1.54) is 12.1 Å². The molecule has 2 nitrogen and oxygen atoms in total. The second-order valence-electron chi connectivity index (χ2n) is 4.72. The van der Waals surface area contributed by atoms with Crippen molar-refractivity contribution in [1.29, 1.82) is 0 Å². The first-order valence-electron chi connectivity index (χ1n) is 6.29. The molecule has 0 radical (unpaired) electrons. The van der Waals surface area contributed by atoms with Crippen LogP contribution in [0.5, 0.6) is 0 Å². The predicted octanol–water partition coefficient (Wildman–Crippen LogP) is 4.39. The van der Waals surface area contributed by atoms with Crippen molar-refractivity contribution < 1.29 is 8.78 Å². The van der Waals surface area contributed by atoms with Crippen molar-refractivity contribution in [3.63, 3.8) is 0 Å². The van der Waals surface area contributed by atoms with E-state index in [-0.39, 0.29) is 22.5 Å². The average Bonchev–Trinajstić information content (AvgIpc) is 2.47. The molecule has 0 aliphatic rings. The number of nitrogens with two attached hydrogens (primary N) is 1. The monoisotopic (exact) mass is 466 g/mol. The van der Waals surface area contributed by atoms with E-state index in [1.807, 2.05) is 25.1 Å². The van der Waals surface area contributed by atoms with Crippen LogP contribution in [0.15, 0.2) is 34.8 Å². The van der Waals surface area contributed by atoms with E-state index < -0.39 is 11.6 Å². The molecule has 2 aromatic rings. The number of hydrogen-bond acceptors (Lipinski definition) is 2. The van der Waals surface area contributed by atoms with Crippen LogP contribution in [0.25, 0.3) is 0 Å². The fourth-order valence-corrected chi connectivity index (χ4v) is 3.27. The molecular weight excluding hydrogens is 453 g/mol. The Bertz CT molecular complexity index is 664. The summed E-state index contributed by atoms with van der Waals surface area (Å²) in [5.41, 5.74) is 4.70. The maximum atomic E-state index is 14.1. The van der Waals surface area contributed by atoms with Gasteiger partial charge in [-0.05, 0) is 75.1 Å². The van der Waals surface area contributed by atoms with Crippen LogP contribution in [0.1, 0.15) is 22.7 Å². The van der Waals surface area contributed by atoms with Gasteiger partial charge in [-0.3, -0.25) is 11.3 Å². The van der Waals surface area contributed by atoms with Crippen LogP contribution in [0.3, 0.4) is 0 Å². The summed E-state index contributed by atoms with van der Waals surface area (Å²) in [7, 11) is 0. The molecule has 0 aliphatic heterocycles. The minimum absolute atomic E-state index is 0.0182. The van der Waals surface area contributed by atoms with Crippen LogP contribution in [-0.4, -0.2) is 0 Å². The average molecular weight is 467 g/mol. The maximum absolute atomic E-state index is 14.1. The van der Waals surface area contributed by atoms with Gasteiger partial charge in [-0.25, -0.2) is 8.78 Å². The van der Waals surface area contributed by atoms with Gasteiger partial charge in [0.15, 0.2) is 0 Å². The van der Waals surface area contributed by atoms with E-state index in [1.54, 1.807) is 0 Å². The van der Waals surface area contributed by atoms with Crippen molar-refractivity contribution in [3.8, 4) is 0 Å². The molecule has 0 spiro atoms. The molecule has 6 heteroatoms. The lowest BCUT2D eigenvalue weighted by Crippen LogP contribution is -2.30. The van der Waals surface area contributed by atoms with Gasteiger partial charge in [0, 0.05) is 9.13 Å². The third-order valence-electron chi connectivity index (χ3n) is 3.35. The Balaban J connectivity index is 2.41. The largest absolute Gasteiger partial charge is 0.271 e. The maximum Gasteiger partial charge on any atom is 0.143 e. The van der Waals surface area contributed by atoms with Crippen molar-refractivity contribution in [2.24, 2.45) is 5.84 Å². The first-order valence-corrected chi connectivity index (χ1v) is 8.16. The highest BCUT2D eigenvalue weighted by Crippen LogP contribution is 2.29. The molecular formula is C15H14BrF2IN2. The lowest BCUT2D eigenvalue weighted by Gasteiger charge is -2.20. The standard InChI is InChI=1S/C15H14BrF2IN2/c1-8-3-2-4-9(15(8)19)13(21-20)7-10-12(17)6-5-11(16)14(10)18/h2-6,13,21H,7,20H2,1H3. The van der Waals surface area contributed by atoms with Crippen LogP contribution in [-0.2, 0) is 6.42 Å². The zero-order valence-electron chi connectivity index (χ0n) is 11.3. The first-order chi connectivity index (χ1) is 9.95. The SMILES string of the molecule is Cc1cccc(C(Cc2c(F)ccc(Br)c2F)NN)c1I. The molecule has 3 N–H and O–H groups in total. The molecule has 0 aliphatic carbocycles. The number of rotatable bonds is 4. The smallest absolute Gasteiger partial charge is 0.143 e. The van der Waals surface area contributed by atoms with Gasteiger partial charge in [-0.15, -0.1) is 0 Å². The van der Waals surface area contributed by atoms with Gasteiger partial charge in [0.1, 0.15) is 11.6 Å². The highest BCUT2D eigenvalue weighted by atomic mass is 127. The molecule has 112 valence electrons. The minimum Gasteiger partial charge on any atom is -0.271 e. The first kappa shape index (κ1) is 16.8. The molecule has 2 rings (SSSR count). The Morgan fingerprint density at radius 1 is 1.29 bits per heavy atom. The quantitative estimate of drug-likeness (QED) is 0.303. The van der Waals surface area contributed by atoms with Gasteiger partial charge in [-0.1, -0.05) is 18.2 Å². The molecule has 1 unspecified atom stereocenters. The number of hydrazine groups is 1. The Morgan fingerprint density at radius 3 is 2.67 bits per heavy atom. The summed E-state index contributed by atoms with van der Waals surface area (Å²) in [6.07, 6.45) is 0.132. The highest BCUT2D eigenvalue weighted by molar-refractivity contribution is 14.1. The minimum atomic E-state index is -0.585. The Hall–Kier alpha value is -0.570. The molecule has 2 aromatic carbocycles. The number of benzene rings is 2. The molecule has 0 heterocycles. The molecule has 0 amide bonds. The Kier molecular flexibility index (Phi) is 5.70. The van der Waals surface area contributed by atoms with Gasteiger partial charge in [-0.2, -0.15) is 0 Å². The summed E-state index contributed by atoms with van der Waals surface area (Å²) in [5.74, 6) is 4.44. The fourth-order valence-electron chi connectivity index (χ4n) is 2.16. The van der Waals surface area contributed by atoms with Gasteiger partial charge < -0.3 is 0 Å². The third-order valence-corrected chi connectivity index (χ3v) is 5.43. The number of nitrogens with one attached hydrogen (secondary N) is 1. The summed E-state index contributed by atoms with van der Waals surface area (Å²) < 4.78 is 29.3. The van der Waals surface area contributed by atoms with Crippen LogP contribution in [0, 0.1) is 22.1 Å². The van der Waals surface area contributed by atoms with Crippen molar-refractivity contribution in [1.82, 2.24) is 5.43 Å². The van der Waals surface area contributed by atoms with Gasteiger partial charge in [0.05, 0.1) is 10.5 Å².